The normalized spacial score (nSPS) is 20.3. The van der Waals surface area contributed by atoms with E-state index in [-0.39, 0.29) is 11.9 Å². The highest BCUT2D eigenvalue weighted by Gasteiger charge is 2.32. The molecule has 1 aromatic heterocycles. The van der Waals surface area contributed by atoms with Crippen molar-refractivity contribution in [2.75, 3.05) is 24.6 Å². The van der Waals surface area contributed by atoms with Gasteiger partial charge in [0, 0.05) is 19.3 Å². The third-order valence-corrected chi connectivity index (χ3v) is 3.96. The highest BCUT2D eigenvalue weighted by molar-refractivity contribution is 5.74. The van der Waals surface area contributed by atoms with E-state index in [4.69, 9.17) is 4.74 Å². The number of nitrogens with zero attached hydrogens (tertiary/aromatic N) is 2. The van der Waals surface area contributed by atoms with Crippen molar-refractivity contribution in [1.82, 2.24) is 4.98 Å². The van der Waals surface area contributed by atoms with Crippen LogP contribution in [-0.2, 0) is 9.53 Å². The monoisotopic (exact) mass is 260 g/mol. The molecular weight excluding hydrogens is 240 g/mol. The molecule has 102 valence electrons. The Morgan fingerprint density at radius 1 is 1.26 bits per heavy atom. The Balaban J connectivity index is 1.43. The van der Waals surface area contributed by atoms with Gasteiger partial charge >= 0.3 is 5.97 Å². The molecule has 0 radical (unpaired) electrons. The van der Waals surface area contributed by atoms with Crippen LogP contribution in [0.15, 0.2) is 24.4 Å². The molecule has 1 aromatic rings. The topological polar surface area (TPSA) is 42.4 Å². The molecule has 2 heterocycles. The number of hydrogen-bond donors (Lipinski definition) is 0. The zero-order chi connectivity index (χ0) is 13.1. The van der Waals surface area contributed by atoms with E-state index in [0.717, 1.165) is 44.6 Å². The standard InChI is InChI=1S/C15H20N2O2/c18-15(13-4-5-13)19-11-12-6-9-17(10-7-12)14-3-1-2-8-16-14/h1-3,8,12-13H,4-7,9-11H2. The quantitative estimate of drug-likeness (QED) is 0.779. The molecule has 0 amide bonds. The van der Waals surface area contributed by atoms with E-state index in [1.165, 1.54) is 0 Å². The van der Waals surface area contributed by atoms with E-state index in [0.29, 0.717) is 12.5 Å². The molecule has 1 aliphatic carbocycles. The molecule has 1 aliphatic heterocycles. The number of esters is 1. The maximum Gasteiger partial charge on any atom is 0.308 e. The fraction of sp³-hybridized carbons (Fsp3) is 0.600. The van der Waals surface area contributed by atoms with Crippen LogP contribution in [0.5, 0.6) is 0 Å². The average Bonchev–Trinajstić information content (AvgIpc) is 3.31. The Labute approximate surface area is 113 Å². The fourth-order valence-electron chi connectivity index (χ4n) is 2.51. The first-order valence-corrected chi connectivity index (χ1v) is 7.15. The summed E-state index contributed by atoms with van der Waals surface area (Å²) in [4.78, 5) is 18.2. The summed E-state index contributed by atoms with van der Waals surface area (Å²) < 4.78 is 5.37. The van der Waals surface area contributed by atoms with Crippen LogP contribution in [0.2, 0.25) is 0 Å². The molecule has 1 saturated carbocycles. The number of pyridine rings is 1. The maximum atomic E-state index is 11.5. The van der Waals surface area contributed by atoms with Crippen LogP contribution >= 0.6 is 0 Å². The second kappa shape index (κ2) is 5.59. The van der Waals surface area contributed by atoms with E-state index in [1.807, 2.05) is 24.4 Å². The highest BCUT2D eigenvalue weighted by atomic mass is 16.5. The Bertz CT molecular complexity index is 423. The van der Waals surface area contributed by atoms with Gasteiger partial charge in [0.05, 0.1) is 12.5 Å². The molecule has 0 N–H and O–H groups in total. The lowest BCUT2D eigenvalue weighted by Gasteiger charge is -2.32. The number of anilines is 1. The molecule has 2 aliphatic rings. The molecular formula is C15H20N2O2. The first kappa shape index (κ1) is 12.5. The van der Waals surface area contributed by atoms with Crippen LogP contribution in [0.25, 0.3) is 0 Å². The number of ether oxygens (including phenoxy) is 1. The SMILES string of the molecule is O=C(OCC1CCN(c2ccccn2)CC1)C1CC1. The van der Waals surface area contributed by atoms with Gasteiger partial charge in [-0.2, -0.15) is 0 Å². The van der Waals surface area contributed by atoms with E-state index in [1.54, 1.807) is 0 Å². The van der Waals surface area contributed by atoms with Crippen LogP contribution in [0.4, 0.5) is 5.82 Å². The number of rotatable bonds is 4. The summed E-state index contributed by atoms with van der Waals surface area (Å²) >= 11 is 0. The summed E-state index contributed by atoms with van der Waals surface area (Å²) in [5.74, 6) is 1.80. The molecule has 19 heavy (non-hydrogen) atoms. The summed E-state index contributed by atoms with van der Waals surface area (Å²) in [7, 11) is 0. The third-order valence-electron chi connectivity index (χ3n) is 3.96. The second-order valence-electron chi connectivity index (χ2n) is 5.52. The molecule has 4 heteroatoms. The van der Waals surface area contributed by atoms with Gasteiger partial charge in [0.25, 0.3) is 0 Å². The molecule has 3 rings (SSSR count). The minimum absolute atomic E-state index is 0.0205. The van der Waals surface area contributed by atoms with Gasteiger partial charge in [-0.25, -0.2) is 4.98 Å². The predicted octanol–water partition coefficient (Wildman–Crippen LogP) is 2.25. The van der Waals surface area contributed by atoms with Gasteiger partial charge in [-0.3, -0.25) is 4.79 Å². The van der Waals surface area contributed by atoms with Crippen molar-refractivity contribution in [3.63, 3.8) is 0 Å². The maximum absolute atomic E-state index is 11.5. The summed E-state index contributed by atoms with van der Waals surface area (Å²) in [6.07, 6.45) is 6.04. The first-order valence-electron chi connectivity index (χ1n) is 7.15. The van der Waals surface area contributed by atoms with Gasteiger partial charge in [-0.1, -0.05) is 6.07 Å². The van der Waals surface area contributed by atoms with Crippen molar-refractivity contribution in [2.45, 2.75) is 25.7 Å². The van der Waals surface area contributed by atoms with E-state index in [9.17, 15) is 4.79 Å². The van der Waals surface area contributed by atoms with Crippen molar-refractivity contribution >= 4 is 11.8 Å². The zero-order valence-corrected chi connectivity index (χ0v) is 11.1. The third kappa shape index (κ3) is 3.25. The van der Waals surface area contributed by atoms with Gasteiger partial charge in [-0.15, -0.1) is 0 Å². The number of aromatic nitrogens is 1. The van der Waals surface area contributed by atoms with E-state index in [2.05, 4.69) is 9.88 Å². The zero-order valence-electron chi connectivity index (χ0n) is 11.1. The number of hydrogen-bond acceptors (Lipinski definition) is 4. The summed E-state index contributed by atoms with van der Waals surface area (Å²) in [6, 6.07) is 6.01. The van der Waals surface area contributed by atoms with Gasteiger partial charge < -0.3 is 9.64 Å². The minimum Gasteiger partial charge on any atom is -0.465 e. The van der Waals surface area contributed by atoms with E-state index >= 15 is 0 Å². The van der Waals surface area contributed by atoms with Crippen LogP contribution in [0.1, 0.15) is 25.7 Å². The van der Waals surface area contributed by atoms with Gasteiger partial charge in [0.1, 0.15) is 5.82 Å². The molecule has 1 saturated heterocycles. The van der Waals surface area contributed by atoms with E-state index < -0.39 is 0 Å². The van der Waals surface area contributed by atoms with Crippen molar-refractivity contribution in [1.29, 1.82) is 0 Å². The summed E-state index contributed by atoms with van der Waals surface area (Å²) in [6.45, 7) is 2.61. The van der Waals surface area contributed by atoms with Crippen molar-refractivity contribution in [3.05, 3.63) is 24.4 Å². The molecule has 0 spiro atoms. The summed E-state index contributed by atoms with van der Waals surface area (Å²) in [5, 5.41) is 0. The lowest BCUT2D eigenvalue weighted by molar-refractivity contribution is -0.146. The van der Waals surface area contributed by atoms with Crippen molar-refractivity contribution < 1.29 is 9.53 Å². The molecule has 2 fully saturated rings. The first-order chi connectivity index (χ1) is 9.33. The fourth-order valence-corrected chi connectivity index (χ4v) is 2.51. The lowest BCUT2D eigenvalue weighted by atomic mass is 9.98. The van der Waals surface area contributed by atoms with Crippen LogP contribution < -0.4 is 4.90 Å². The minimum atomic E-state index is 0.0205. The number of piperidine rings is 1. The highest BCUT2D eigenvalue weighted by Crippen LogP contribution is 2.30. The Morgan fingerprint density at radius 3 is 2.68 bits per heavy atom. The lowest BCUT2D eigenvalue weighted by Crippen LogP contribution is -2.35. The van der Waals surface area contributed by atoms with Crippen LogP contribution in [0, 0.1) is 11.8 Å². The Hall–Kier alpha value is -1.58. The largest absolute Gasteiger partial charge is 0.465 e. The van der Waals surface area contributed by atoms with Gasteiger partial charge in [0.15, 0.2) is 0 Å². The number of carbonyl (C=O) groups excluding carboxylic acids is 1. The Morgan fingerprint density at radius 2 is 2.05 bits per heavy atom. The molecule has 0 atom stereocenters. The Kier molecular flexibility index (Phi) is 3.67. The van der Waals surface area contributed by atoms with Crippen molar-refractivity contribution in [2.24, 2.45) is 11.8 Å². The van der Waals surface area contributed by atoms with Crippen LogP contribution in [-0.4, -0.2) is 30.6 Å². The number of carbonyl (C=O) groups is 1. The second-order valence-corrected chi connectivity index (χ2v) is 5.52. The van der Waals surface area contributed by atoms with Gasteiger partial charge in [-0.05, 0) is 43.7 Å². The van der Waals surface area contributed by atoms with Crippen LogP contribution in [0.3, 0.4) is 0 Å². The molecule has 0 aromatic carbocycles. The molecule has 0 bridgehead atoms. The average molecular weight is 260 g/mol. The van der Waals surface area contributed by atoms with Crippen molar-refractivity contribution in [3.8, 4) is 0 Å². The molecule has 4 nitrogen and oxygen atoms in total. The van der Waals surface area contributed by atoms with Gasteiger partial charge in [0.2, 0.25) is 0 Å². The summed E-state index contributed by atoms with van der Waals surface area (Å²) in [5.41, 5.74) is 0. The predicted molar refractivity (Wildman–Crippen MR) is 72.9 cm³/mol. The smallest absolute Gasteiger partial charge is 0.308 e. The molecule has 0 unspecified atom stereocenters.